The molecule has 0 heterocycles. The van der Waals surface area contributed by atoms with Crippen molar-refractivity contribution in [3.05, 3.63) is 36.4 Å². The number of nitrogens with one attached hydrogen (secondary N) is 1. The van der Waals surface area contributed by atoms with Crippen LogP contribution >= 0.6 is 11.8 Å². The van der Waals surface area contributed by atoms with Crippen molar-refractivity contribution < 1.29 is 13.0 Å². The van der Waals surface area contributed by atoms with Crippen LogP contribution in [0.2, 0.25) is 0 Å². The summed E-state index contributed by atoms with van der Waals surface area (Å²) in [6.45, 7) is 0. The van der Waals surface area contributed by atoms with E-state index in [9.17, 15) is 13.0 Å². The Balaban J connectivity index is 2.95. The molecule has 2 rings (SSSR count). The highest BCUT2D eigenvalue weighted by Crippen LogP contribution is 2.30. The van der Waals surface area contributed by atoms with Gasteiger partial charge in [0.05, 0.1) is 5.69 Å². The van der Waals surface area contributed by atoms with Gasteiger partial charge >= 0.3 is 0 Å². The number of hydrogen-bond donors (Lipinski definition) is 2. The van der Waals surface area contributed by atoms with Crippen LogP contribution in [0.3, 0.4) is 0 Å². The Morgan fingerprint density at radius 1 is 1.12 bits per heavy atom. The fraction of sp³-hybridized carbons (Fsp3) is 0. The van der Waals surface area contributed by atoms with E-state index in [1.54, 1.807) is 30.3 Å². The number of rotatable bonds is 2. The lowest BCUT2D eigenvalue weighted by molar-refractivity contribution is 0.484. The van der Waals surface area contributed by atoms with Crippen molar-refractivity contribution in [3.63, 3.8) is 0 Å². The highest BCUT2D eigenvalue weighted by atomic mass is 35.5. The van der Waals surface area contributed by atoms with Gasteiger partial charge in [-0.15, -0.1) is 0 Å². The van der Waals surface area contributed by atoms with E-state index in [0.29, 0.717) is 10.8 Å². The van der Waals surface area contributed by atoms with Crippen LogP contribution in [0.25, 0.3) is 10.8 Å². The summed E-state index contributed by atoms with van der Waals surface area (Å²) < 4.78 is 31.7. The van der Waals surface area contributed by atoms with E-state index >= 15 is 0 Å². The zero-order valence-electron chi connectivity index (χ0n) is 8.01. The zero-order chi connectivity index (χ0) is 11.8. The van der Waals surface area contributed by atoms with E-state index in [2.05, 4.69) is 4.84 Å². The van der Waals surface area contributed by atoms with E-state index in [-0.39, 0.29) is 10.6 Å². The lowest BCUT2D eigenvalue weighted by Crippen LogP contribution is -2.02. The summed E-state index contributed by atoms with van der Waals surface area (Å²) in [5.41, 5.74) is 0.155. The van der Waals surface area contributed by atoms with Crippen molar-refractivity contribution in [1.29, 1.82) is 0 Å². The van der Waals surface area contributed by atoms with Crippen molar-refractivity contribution in [2.75, 3.05) is 4.84 Å². The summed E-state index contributed by atoms with van der Waals surface area (Å²) in [5, 5.41) is 1.14. The topological polar surface area (TPSA) is 66.4 Å². The van der Waals surface area contributed by atoms with Crippen LogP contribution in [0, 0.1) is 0 Å². The number of benzene rings is 2. The highest BCUT2D eigenvalue weighted by Gasteiger charge is 2.18. The Morgan fingerprint density at radius 3 is 2.44 bits per heavy atom. The number of halogens is 1. The van der Waals surface area contributed by atoms with Gasteiger partial charge in [0.25, 0.3) is 10.1 Å². The van der Waals surface area contributed by atoms with E-state index in [1.165, 1.54) is 6.07 Å². The Kier molecular flexibility index (Phi) is 2.75. The van der Waals surface area contributed by atoms with Crippen LogP contribution < -0.4 is 4.84 Å². The van der Waals surface area contributed by atoms with E-state index < -0.39 is 10.1 Å². The molecule has 0 atom stereocenters. The summed E-state index contributed by atoms with van der Waals surface area (Å²) in [6, 6.07) is 10.0. The molecule has 0 aliphatic rings. The van der Waals surface area contributed by atoms with E-state index in [1.807, 2.05) is 0 Å². The molecule has 0 bridgehead atoms. The molecule has 0 amide bonds. The molecule has 0 unspecified atom stereocenters. The normalized spacial score (nSPS) is 11.6. The first-order chi connectivity index (χ1) is 7.54. The van der Waals surface area contributed by atoms with Crippen LogP contribution in [0.5, 0.6) is 0 Å². The maximum absolute atomic E-state index is 11.3. The van der Waals surface area contributed by atoms with Gasteiger partial charge in [-0.2, -0.15) is 8.42 Å². The highest BCUT2D eigenvalue weighted by molar-refractivity contribution is 7.86. The van der Waals surface area contributed by atoms with Gasteiger partial charge in [0.2, 0.25) is 0 Å². The fourth-order valence-corrected chi connectivity index (χ4v) is 2.67. The molecule has 4 nitrogen and oxygen atoms in total. The van der Waals surface area contributed by atoms with E-state index in [4.69, 9.17) is 11.8 Å². The predicted molar refractivity (Wildman–Crippen MR) is 63.2 cm³/mol. The van der Waals surface area contributed by atoms with Crippen molar-refractivity contribution in [2.24, 2.45) is 0 Å². The molecule has 0 aromatic heterocycles. The lowest BCUT2D eigenvalue weighted by Gasteiger charge is -2.08. The van der Waals surface area contributed by atoms with Crippen LogP contribution in [0.1, 0.15) is 0 Å². The lowest BCUT2D eigenvalue weighted by atomic mass is 10.1. The maximum atomic E-state index is 11.3. The summed E-state index contributed by atoms with van der Waals surface area (Å²) in [7, 11) is -4.32. The molecule has 0 aliphatic carbocycles. The molecule has 2 aromatic rings. The smallest absolute Gasteiger partial charge is 0.297 e. The van der Waals surface area contributed by atoms with Crippen LogP contribution in [0.15, 0.2) is 41.3 Å². The van der Waals surface area contributed by atoms with Crippen molar-refractivity contribution in [3.8, 4) is 0 Å². The fourth-order valence-electron chi connectivity index (χ4n) is 1.60. The van der Waals surface area contributed by atoms with Gasteiger partial charge in [0.1, 0.15) is 4.90 Å². The summed E-state index contributed by atoms with van der Waals surface area (Å²) >= 11 is 5.41. The van der Waals surface area contributed by atoms with Crippen molar-refractivity contribution in [2.45, 2.75) is 4.90 Å². The predicted octanol–water partition coefficient (Wildman–Crippen LogP) is 2.65. The van der Waals surface area contributed by atoms with Crippen LogP contribution in [-0.4, -0.2) is 13.0 Å². The second kappa shape index (κ2) is 3.93. The van der Waals surface area contributed by atoms with Gasteiger partial charge in [0, 0.05) is 17.2 Å². The van der Waals surface area contributed by atoms with Gasteiger partial charge in [0.15, 0.2) is 0 Å². The molecule has 6 heteroatoms. The molecule has 0 saturated carbocycles. The van der Waals surface area contributed by atoms with Crippen LogP contribution in [-0.2, 0) is 10.1 Å². The molecule has 84 valence electrons. The Hall–Kier alpha value is -1.30. The first-order valence-electron chi connectivity index (χ1n) is 4.40. The summed E-state index contributed by atoms with van der Waals surface area (Å²) in [6.07, 6.45) is 0. The van der Waals surface area contributed by atoms with Gasteiger partial charge in [-0.1, -0.05) is 30.3 Å². The van der Waals surface area contributed by atoms with Crippen molar-refractivity contribution in [1.82, 2.24) is 0 Å². The van der Waals surface area contributed by atoms with Crippen LogP contribution in [0.4, 0.5) is 5.69 Å². The first-order valence-corrected chi connectivity index (χ1v) is 6.22. The molecular weight excluding hydrogens is 250 g/mol. The summed E-state index contributed by atoms with van der Waals surface area (Å²) in [5.74, 6) is 0. The standard InChI is InChI=1S/C10H8ClNO3S/c11-12-9-6-5-7-3-1-2-4-8(7)10(9)16(13,14)15/h1-6,12H,(H,13,14,15). The van der Waals surface area contributed by atoms with Gasteiger partial charge in [-0.3, -0.25) is 9.39 Å². The Bertz CT molecular complexity index is 640. The third-order valence-corrected chi connectivity index (χ3v) is 3.40. The SMILES string of the molecule is O=S(=O)(O)c1c(NCl)ccc2ccccc12. The second-order valence-electron chi connectivity index (χ2n) is 3.23. The number of fused-ring (bicyclic) bond motifs is 1. The third kappa shape index (κ3) is 1.84. The first kappa shape index (κ1) is 11.2. The van der Waals surface area contributed by atoms with E-state index in [0.717, 1.165) is 0 Å². The molecule has 0 radical (unpaired) electrons. The third-order valence-electron chi connectivity index (χ3n) is 2.24. The largest absolute Gasteiger partial charge is 0.297 e. The molecule has 0 spiro atoms. The Labute approximate surface area is 97.7 Å². The molecule has 2 aromatic carbocycles. The van der Waals surface area contributed by atoms with Crippen molar-refractivity contribution >= 4 is 38.4 Å². The molecule has 0 aliphatic heterocycles. The average molecular weight is 258 g/mol. The summed E-state index contributed by atoms with van der Waals surface area (Å²) in [4.78, 5) is 2.02. The zero-order valence-corrected chi connectivity index (χ0v) is 9.59. The average Bonchev–Trinajstić information content (AvgIpc) is 2.26. The quantitative estimate of drug-likeness (QED) is 0.641. The molecule has 0 fully saturated rings. The molecule has 0 saturated heterocycles. The molecular formula is C10H8ClNO3S. The number of hydrogen-bond acceptors (Lipinski definition) is 3. The molecule has 2 N–H and O–H groups in total. The van der Waals surface area contributed by atoms with Gasteiger partial charge in [-0.25, -0.2) is 0 Å². The molecule has 16 heavy (non-hydrogen) atoms. The minimum absolute atomic E-state index is 0.155. The Morgan fingerprint density at radius 2 is 1.81 bits per heavy atom. The van der Waals surface area contributed by atoms with Gasteiger partial charge < -0.3 is 0 Å². The minimum Gasteiger partial charge on any atom is -0.297 e. The number of anilines is 1. The van der Waals surface area contributed by atoms with Gasteiger partial charge in [-0.05, 0) is 11.5 Å². The maximum Gasteiger partial charge on any atom is 0.297 e. The monoisotopic (exact) mass is 257 g/mol. The second-order valence-corrected chi connectivity index (χ2v) is 4.78. The minimum atomic E-state index is -4.32.